The molecule has 0 fully saturated rings. The molecule has 1 aromatic carbocycles. The van der Waals surface area contributed by atoms with Crippen molar-refractivity contribution in [2.45, 2.75) is 20.4 Å². The summed E-state index contributed by atoms with van der Waals surface area (Å²) in [7, 11) is 1.57. The third-order valence-electron chi connectivity index (χ3n) is 5.63. The number of hydrogen-bond donors (Lipinski definition) is 0. The van der Waals surface area contributed by atoms with E-state index in [1.54, 1.807) is 38.5 Å². The molecule has 0 aliphatic heterocycles. The fourth-order valence-electron chi connectivity index (χ4n) is 3.77. The van der Waals surface area contributed by atoms with Crippen LogP contribution in [-0.4, -0.2) is 35.7 Å². The van der Waals surface area contributed by atoms with Crippen LogP contribution in [0, 0.1) is 6.92 Å². The zero-order valence-electron chi connectivity index (χ0n) is 19.4. The molecule has 0 bridgehead atoms. The van der Waals surface area contributed by atoms with E-state index in [-0.39, 0.29) is 17.6 Å². The van der Waals surface area contributed by atoms with Gasteiger partial charge in [0.15, 0.2) is 11.5 Å². The number of fused-ring (bicyclic) bond motifs is 1. The molecule has 0 unspecified atom stereocenters. The third-order valence-corrected chi connectivity index (χ3v) is 5.63. The maximum Gasteiger partial charge on any atom is 0.332 e. The summed E-state index contributed by atoms with van der Waals surface area (Å²) >= 11 is 0. The number of benzene rings is 1. The number of oxazole rings is 1. The van der Waals surface area contributed by atoms with Gasteiger partial charge >= 0.3 is 5.69 Å². The Morgan fingerprint density at radius 3 is 2.46 bits per heavy atom. The van der Waals surface area contributed by atoms with Crippen LogP contribution >= 0.6 is 0 Å². The average Bonchev–Trinajstić information content (AvgIpc) is 3.26. The first-order valence-corrected chi connectivity index (χ1v) is 11.0. The maximum atomic E-state index is 13.2. The highest BCUT2D eigenvalue weighted by atomic mass is 16.5. The molecule has 35 heavy (non-hydrogen) atoms. The van der Waals surface area contributed by atoms with Gasteiger partial charge in [0.2, 0.25) is 5.89 Å². The molecule has 176 valence electrons. The van der Waals surface area contributed by atoms with E-state index >= 15 is 0 Å². The monoisotopic (exact) mass is 470 g/mol. The molecule has 5 aromatic rings. The van der Waals surface area contributed by atoms with Crippen molar-refractivity contribution in [1.29, 1.82) is 0 Å². The summed E-state index contributed by atoms with van der Waals surface area (Å²) in [4.78, 5) is 43.7. The van der Waals surface area contributed by atoms with Crippen LogP contribution < -0.4 is 16.0 Å². The summed E-state index contributed by atoms with van der Waals surface area (Å²) in [5.74, 6) is 2.07. The Kier molecular flexibility index (Phi) is 5.69. The van der Waals surface area contributed by atoms with Gasteiger partial charge in [0.1, 0.15) is 22.6 Å². The minimum atomic E-state index is -0.508. The van der Waals surface area contributed by atoms with Gasteiger partial charge in [0.25, 0.3) is 5.56 Å². The van der Waals surface area contributed by atoms with E-state index in [1.807, 2.05) is 31.2 Å². The van der Waals surface area contributed by atoms with Gasteiger partial charge in [-0.15, -0.1) is 0 Å². The first-order chi connectivity index (χ1) is 17.0. The topological polar surface area (TPSA) is 118 Å². The Morgan fingerprint density at radius 1 is 1.00 bits per heavy atom. The van der Waals surface area contributed by atoms with Crippen molar-refractivity contribution < 1.29 is 9.15 Å². The van der Waals surface area contributed by atoms with E-state index in [4.69, 9.17) is 9.15 Å². The second-order valence-corrected chi connectivity index (χ2v) is 7.88. The summed E-state index contributed by atoms with van der Waals surface area (Å²) in [5, 5.41) is 0.234. The zero-order chi connectivity index (χ0) is 24.5. The molecule has 0 N–H and O–H groups in total. The molecule has 0 amide bonds. The molecular formula is C25H22N6O4. The Morgan fingerprint density at radius 2 is 1.74 bits per heavy atom. The van der Waals surface area contributed by atoms with Crippen LogP contribution in [0.3, 0.4) is 0 Å². The highest BCUT2D eigenvalue weighted by Gasteiger charge is 2.18. The fourth-order valence-corrected chi connectivity index (χ4v) is 3.77. The molecule has 0 radical (unpaired) electrons. The number of nitrogens with zero attached hydrogens (tertiary/aromatic N) is 6. The minimum Gasteiger partial charge on any atom is -0.494 e. The van der Waals surface area contributed by atoms with Gasteiger partial charge in [-0.05, 0) is 50.2 Å². The molecule has 10 nitrogen and oxygen atoms in total. The van der Waals surface area contributed by atoms with Crippen LogP contribution in [0.2, 0.25) is 0 Å². The summed E-state index contributed by atoms with van der Waals surface area (Å²) < 4.78 is 13.8. The highest BCUT2D eigenvalue weighted by Crippen LogP contribution is 2.24. The summed E-state index contributed by atoms with van der Waals surface area (Å²) in [6.07, 6.45) is 4.70. The Hall–Kier alpha value is -4.60. The lowest BCUT2D eigenvalue weighted by molar-refractivity contribution is 0.340. The molecule has 0 saturated heterocycles. The number of aryl methyl sites for hydroxylation is 2. The quantitative estimate of drug-likeness (QED) is 0.372. The van der Waals surface area contributed by atoms with Gasteiger partial charge in [-0.1, -0.05) is 0 Å². The average molecular weight is 470 g/mol. The van der Waals surface area contributed by atoms with Crippen molar-refractivity contribution >= 4 is 11.0 Å². The van der Waals surface area contributed by atoms with Crippen LogP contribution in [0.15, 0.2) is 69.0 Å². The van der Waals surface area contributed by atoms with Gasteiger partial charge in [0, 0.05) is 36.8 Å². The summed E-state index contributed by atoms with van der Waals surface area (Å²) in [6, 6.07) is 10.9. The second kappa shape index (κ2) is 8.98. The molecule has 5 rings (SSSR count). The van der Waals surface area contributed by atoms with E-state index in [1.165, 1.54) is 10.8 Å². The van der Waals surface area contributed by atoms with Gasteiger partial charge < -0.3 is 9.15 Å². The van der Waals surface area contributed by atoms with Crippen molar-refractivity contribution in [3.05, 3.63) is 87.3 Å². The smallest absolute Gasteiger partial charge is 0.332 e. The SMILES string of the molecule is CCOc1ccc(-c2nc(Cn3c(=O)c4cnc(-c5ccncc5)nc4n(C)c3=O)c(C)o2)cc1. The lowest BCUT2D eigenvalue weighted by Crippen LogP contribution is -2.40. The predicted molar refractivity (Wildman–Crippen MR) is 129 cm³/mol. The van der Waals surface area contributed by atoms with E-state index < -0.39 is 11.2 Å². The minimum absolute atomic E-state index is 0.0418. The van der Waals surface area contributed by atoms with Gasteiger partial charge in [0.05, 0.1) is 13.2 Å². The van der Waals surface area contributed by atoms with Crippen molar-refractivity contribution in [3.63, 3.8) is 0 Å². The summed E-state index contributed by atoms with van der Waals surface area (Å²) in [5.41, 5.74) is 1.24. The van der Waals surface area contributed by atoms with E-state index in [0.29, 0.717) is 29.8 Å². The number of ether oxygens (including phenoxy) is 1. The van der Waals surface area contributed by atoms with E-state index in [9.17, 15) is 9.59 Å². The molecule has 4 heterocycles. The first-order valence-electron chi connectivity index (χ1n) is 11.0. The Balaban J connectivity index is 1.52. The van der Waals surface area contributed by atoms with Gasteiger partial charge in [-0.25, -0.2) is 19.7 Å². The molecule has 4 aromatic heterocycles. The number of hydrogen-bond acceptors (Lipinski definition) is 8. The Bertz CT molecular complexity index is 1640. The first kappa shape index (κ1) is 22.2. The normalized spacial score (nSPS) is 11.2. The molecule has 0 saturated carbocycles. The highest BCUT2D eigenvalue weighted by molar-refractivity contribution is 5.75. The second-order valence-electron chi connectivity index (χ2n) is 7.88. The predicted octanol–water partition coefficient (Wildman–Crippen LogP) is 2.96. The van der Waals surface area contributed by atoms with E-state index in [2.05, 4.69) is 19.9 Å². The van der Waals surface area contributed by atoms with Crippen molar-refractivity contribution in [2.75, 3.05) is 6.61 Å². The van der Waals surface area contributed by atoms with Crippen molar-refractivity contribution in [2.24, 2.45) is 7.05 Å². The van der Waals surface area contributed by atoms with Crippen molar-refractivity contribution in [3.8, 4) is 28.6 Å². The lowest BCUT2D eigenvalue weighted by atomic mass is 10.2. The molecule has 0 spiro atoms. The van der Waals surface area contributed by atoms with Gasteiger partial charge in [-0.3, -0.25) is 18.9 Å². The van der Waals surface area contributed by atoms with Crippen LogP contribution in [0.5, 0.6) is 5.75 Å². The standard InChI is InChI=1S/C25H22N6O4/c1-4-34-18-7-5-17(6-8-18)23-28-20(15(2)35-23)14-31-24(32)19-13-27-21(16-9-11-26-12-10-16)29-22(19)30(3)25(31)33/h5-13H,4,14H2,1-3H3. The van der Waals surface area contributed by atoms with Crippen LogP contribution in [0.1, 0.15) is 18.4 Å². The van der Waals surface area contributed by atoms with Crippen molar-refractivity contribution in [1.82, 2.24) is 29.1 Å². The zero-order valence-corrected chi connectivity index (χ0v) is 19.4. The molecular weight excluding hydrogens is 448 g/mol. The maximum absolute atomic E-state index is 13.2. The number of rotatable bonds is 6. The van der Waals surface area contributed by atoms with Crippen LogP contribution in [-0.2, 0) is 13.6 Å². The fraction of sp³-hybridized carbons (Fsp3) is 0.200. The Labute approximate surface area is 199 Å². The molecule has 0 aliphatic rings. The molecule has 0 aliphatic carbocycles. The van der Waals surface area contributed by atoms with E-state index in [0.717, 1.165) is 21.4 Å². The largest absolute Gasteiger partial charge is 0.494 e. The molecule has 0 atom stereocenters. The lowest BCUT2D eigenvalue weighted by Gasteiger charge is -2.10. The number of pyridine rings is 1. The summed E-state index contributed by atoms with van der Waals surface area (Å²) in [6.45, 7) is 4.21. The van der Waals surface area contributed by atoms with Crippen LogP contribution in [0.4, 0.5) is 0 Å². The molecule has 10 heteroatoms. The third kappa shape index (κ3) is 4.10. The van der Waals surface area contributed by atoms with Crippen LogP contribution in [0.25, 0.3) is 33.9 Å². The number of aromatic nitrogens is 6. The van der Waals surface area contributed by atoms with Gasteiger partial charge in [-0.2, -0.15) is 0 Å².